The molecule has 5 nitrogen and oxygen atoms in total. The first-order valence-corrected chi connectivity index (χ1v) is 6.87. The van der Waals surface area contributed by atoms with Gasteiger partial charge in [0.05, 0.1) is 24.0 Å². The van der Waals surface area contributed by atoms with Crippen molar-refractivity contribution in [3.8, 4) is 0 Å². The van der Waals surface area contributed by atoms with Crippen LogP contribution in [-0.2, 0) is 9.47 Å². The van der Waals surface area contributed by atoms with Crippen LogP contribution in [0, 0.1) is 0 Å². The highest BCUT2D eigenvalue weighted by Gasteiger charge is 2.19. The molecular formula is C15H22N2O3. The van der Waals surface area contributed by atoms with Gasteiger partial charge in [0, 0.05) is 6.61 Å². The second kappa shape index (κ2) is 6.13. The molecule has 0 saturated carbocycles. The number of hydrogen-bond acceptors (Lipinski definition) is 4. The molecule has 1 amide bonds. The fraction of sp³-hybridized carbons (Fsp3) is 0.533. The zero-order chi connectivity index (χ0) is 14.6. The second-order valence-corrected chi connectivity index (χ2v) is 5.88. The van der Waals surface area contributed by atoms with Crippen molar-refractivity contribution in [2.75, 3.05) is 23.8 Å². The first-order chi connectivity index (χ1) is 9.44. The second-order valence-electron chi connectivity index (χ2n) is 5.88. The molecule has 2 N–H and O–H groups in total. The van der Waals surface area contributed by atoms with Gasteiger partial charge in [0.15, 0.2) is 0 Å². The Labute approximate surface area is 119 Å². The molecule has 0 bridgehead atoms. The Morgan fingerprint density at radius 2 is 2.00 bits per heavy atom. The van der Waals surface area contributed by atoms with E-state index in [1.54, 1.807) is 0 Å². The minimum atomic E-state index is -0.508. The molecule has 1 atom stereocenters. The number of carbonyl (C=O) groups is 1. The first kappa shape index (κ1) is 14.7. The van der Waals surface area contributed by atoms with Crippen LogP contribution in [0.2, 0.25) is 0 Å². The number of para-hydroxylation sites is 2. The molecular weight excluding hydrogens is 256 g/mol. The zero-order valence-electron chi connectivity index (χ0n) is 12.2. The number of ether oxygens (including phenoxy) is 2. The maximum Gasteiger partial charge on any atom is 0.412 e. The van der Waals surface area contributed by atoms with Gasteiger partial charge in [-0.1, -0.05) is 12.1 Å². The van der Waals surface area contributed by atoms with E-state index in [1.165, 1.54) is 0 Å². The molecule has 1 aliphatic rings. The summed E-state index contributed by atoms with van der Waals surface area (Å²) < 4.78 is 10.6. The largest absolute Gasteiger partial charge is 0.444 e. The monoisotopic (exact) mass is 278 g/mol. The van der Waals surface area contributed by atoms with Crippen LogP contribution in [-0.4, -0.2) is 30.9 Å². The van der Waals surface area contributed by atoms with E-state index in [1.807, 2.05) is 45.0 Å². The maximum absolute atomic E-state index is 11.8. The van der Waals surface area contributed by atoms with Crippen molar-refractivity contribution in [1.29, 1.82) is 0 Å². The van der Waals surface area contributed by atoms with Gasteiger partial charge in [0.25, 0.3) is 0 Å². The first-order valence-electron chi connectivity index (χ1n) is 6.87. The summed E-state index contributed by atoms with van der Waals surface area (Å²) in [6.45, 7) is 6.99. The molecule has 5 heteroatoms. The number of hydrogen-bond donors (Lipinski definition) is 2. The smallest absolute Gasteiger partial charge is 0.412 e. The fourth-order valence-electron chi connectivity index (χ4n) is 2.00. The summed E-state index contributed by atoms with van der Waals surface area (Å²) in [6.07, 6.45) is 0.523. The van der Waals surface area contributed by atoms with Crippen LogP contribution in [0.5, 0.6) is 0 Å². The van der Waals surface area contributed by atoms with Crippen LogP contribution in [0.25, 0.3) is 0 Å². The molecule has 0 spiro atoms. The molecule has 1 aliphatic heterocycles. The van der Waals surface area contributed by atoms with Crippen molar-refractivity contribution in [1.82, 2.24) is 0 Å². The highest BCUT2D eigenvalue weighted by Crippen LogP contribution is 2.24. The van der Waals surface area contributed by atoms with Crippen molar-refractivity contribution in [2.24, 2.45) is 0 Å². The topological polar surface area (TPSA) is 59.6 Å². The molecule has 1 unspecified atom stereocenters. The van der Waals surface area contributed by atoms with Crippen LogP contribution >= 0.6 is 0 Å². The van der Waals surface area contributed by atoms with Gasteiger partial charge < -0.3 is 14.8 Å². The molecule has 2 rings (SSSR count). The Kier molecular flexibility index (Phi) is 4.49. The summed E-state index contributed by atoms with van der Waals surface area (Å²) >= 11 is 0. The van der Waals surface area contributed by atoms with Gasteiger partial charge in [-0.25, -0.2) is 4.79 Å². The minimum absolute atomic E-state index is 0.289. The summed E-state index contributed by atoms with van der Waals surface area (Å²) in [5.41, 5.74) is 1.09. The Balaban J connectivity index is 2.01. The van der Waals surface area contributed by atoms with Crippen LogP contribution in [0.3, 0.4) is 0 Å². The number of benzene rings is 1. The Morgan fingerprint density at radius 3 is 2.60 bits per heavy atom. The predicted octanol–water partition coefficient (Wildman–Crippen LogP) is 3.23. The fourth-order valence-corrected chi connectivity index (χ4v) is 2.00. The van der Waals surface area contributed by atoms with Crippen LogP contribution in [0.15, 0.2) is 24.3 Å². The van der Waals surface area contributed by atoms with Crippen molar-refractivity contribution < 1.29 is 14.3 Å². The van der Waals surface area contributed by atoms with E-state index in [2.05, 4.69) is 10.6 Å². The van der Waals surface area contributed by atoms with Gasteiger partial charge in [0.2, 0.25) is 0 Å². The summed E-state index contributed by atoms with van der Waals surface area (Å²) in [7, 11) is 0. The van der Waals surface area contributed by atoms with E-state index < -0.39 is 11.7 Å². The van der Waals surface area contributed by atoms with Gasteiger partial charge in [-0.15, -0.1) is 0 Å². The molecule has 1 fully saturated rings. The van der Waals surface area contributed by atoms with Crippen LogP contribution in [0.1, 0.15) is 27.2 Å². The number of amides is 1. The van der Waals surface area contributed by atoms with E-state index in [0.29, 0.717) is 12.3 Å². The summed E-state index contributed by atoms with van der Waals surface area (Å²) in [5, 5.41) is 6.16. The Morgan fingerprint density at radius 1 is 1.30 bits per heavy atom. The molecule has 0 aromatic heterocycles. The third-order valence-electron chi connectivity index (χ3n) is 2.85. The standard InChI is InChI=1S/C15H22N2O3/c1-15(2,3)20-14(18)17-13-7-5-4-6-12(13)16-11-8-9-19-10-11/h4-7,11,16H,8-10H2,1-3H3,(H,17,18). The van der Waals surface area contributed by atoms with E-state index >= 15 is 0 Å². The number of carbonyl (C=O) groups excluding carboxylic acids is 1. The highest BCUT2D eigenvalue weighted by molar-refractivity contribution is 5.89. The lowest BCUT2D eigenvalue weighted by Gasteiger charge is -2.21. The van der Waals surface area contributed by atoms with Crippen LogP contribution in [0.4, 0.5) is 16.2 Å². The van der Waals surface area contributed by atoms with Gasteiger partial charge in [0.1, 0.15) is 5.60 Å². The van der Waals surface area contributed by atoms with Crippen molar-refractivity contribution in [3.63, 3.8) is 0 Å². The zero-order valence-corrected chi connectivity index (χ0v) is 12.2. The van der Waals surface area contributed by atoms with Gasteiger partial charge >= 0.3 is 6.09 Å². The van der Waals surface area contributed by atoms with Crippen molar-refractivity contribution in [2.45, 2.75) is 38.8 Å². The lowest BCUT2D eigenvalue weighted by atomic mass is 10.2. The van der Waals surface area contributed by atoms with E-state index in [-0.39, 0.29) is 6.04 Å². The number of anilines is 2. The Hall–Kier alpha value is -1.75. The molecule has 1 aromatic carbocycles. The van der Waals surface area contributed by atoms with Crippen molar-refractivity contribution in [3.05, 3.63) is 24.3 Å². The van der Waals surface area contributed by atoms with Gasteiger partial charge in [-0.3, -0.25) is 5.32 Å². The average molecular weight is 278 g/mol. The predicted molar refractivity (Wildman–Crippen MR) is 79.1 cm³/mol. The SMILES string of the molecule is CC(C)(C)OC(=O)Nc1ccccc1NC1CCOC1. The van der Waals surface area contributed by atoms with E-state index in [0.717, 1.165) is 18.7 Å². The minimum Gasteiger partial charge on any atom is -0.444 e. The lowest BCUT2D eigenvalue weighted by molar-refractivity contribution is 0.0636. The Bertz CT molecular complexity index is 462. The number of nitrogens with one attached hydrogen (secondary N) is 2. The van der Waals surface area contributed by atoms with Crippen LogP contribution < -0.4 is 10.6 Å². The maximum atomic E-state index is 11.8. The van der Waals surface area contributed by atoms with E-state index in [4.69, 9.17) is 9.47 Å². The average Bonchev–Trinajstić information content (AvgIpc) is 2.82. The third-order valence-corrected chi connectivity index (χ3v) is 2.85. The lowest BCUT2D eigenvalue weighted by Crippen LogP contribution is -2.28. The molecule has 110 valence electrons. The molecule has 1 aromatic rings. The molecule has 0 radical (unpaired) electrons. The number of rotatable bonds is 3. The quantitative estimate of drug-likeness (QED) is 0.891. The van der Waals surface area contributed by atoms with Gasteiger partial charge in [-0.2, -0.15) is 0 Å². The molecule has 1 saturated heterocycles. The van der Waals surface area contributed by atoms with E-state index in [9.17, 15) is 4.79 Å². The molecule has 20 heavy (non-hydrogen) atoms. The summed E-state index contributed by atoms with van der Waals surface area (Å²) in [4.78, 5) is 11.8. The molecule has 0 aliphatic carbocycles. The van der Waals surface area contributed by atoms with Gasteiger partial charge in [-0.05, 0) is 39.3 Å². The summed E-state index contributed by atoms with van der Waals surface area (Å²) in [6, 6.07) is 7.88. The third kappa shape index (κ3) is 4.42. The summed E-state index contributed by atoms with van der Waals surface area (Å²) in [5.74, 6) is 0. The van der Waals surface area contributed by atoms with Crippen molar-refractivity contribution >= 4 is 17.5 Å². The molecule has 1 heterocycles. The normalized spacial score (nSPS) is 18.6. The highest BCUT2D eigenvalue weighted by atomic mass is 16.6.